The Morgan fingerprint density at radius 2 is 1.56 bits per heavy atom. The topological polar surface area (TPSA) is 131 Å². The van der Waals surface area contributed by atoms with Crippen LogP contribution in [0.1, 0.15) is 28.3 Å². The summed E-state index contributed by atoms with van der Waals surface area (Å²) in [6.07, 6.45) is -0.0898. The van der Waals surface area contributed by atoms with Crippen LogP contribution in [-0.4, -0.2) is 39.1 Å². The van der Waals surface area contributed by atoms with Crippen molar-refractivity contribution in [2.24, 2.45) is 0 Å². The van der Waals surface area contributed by atoms with Gasteiger partial charge >= 0.3 is 5.97 Å². The Balaban J connectivity index is 1.45. The average Bonchev–Trinajstić information content (AvgIpc) is 2.96. The van der Waals surface area contributed by atoms with Gasteiger partial charge in [0.2, 0.25) is 15.9 Å². The number of ether oxygens (including phenoxy) is 2. The molecule has 1 atom stereocenters. The standard InChI is InChI=1S/C30H27ClN2O7S/c1-39-30(36)27-16-11-23(18-28(27)34)33-29(35)17-21(20-7-9-22(31)10-8-20)19-32-41(37,38)26-14-12-25(13-15-26)40-24-5-3-2-4-6-24/h2-16,18,21,32,34H,17,19H2,1H3,(H,33,35). The fourth-order valence-corrected chi connectivity index (χ4v) is 5.18. The molecule has 0 saturated heterocycles. The number of phenolic OH excluding ortho intramolecular Hbond substituents is 1. The van der Waals surface area contributed by atoms with E-state index in [2.05, 4.69) is 14.8 Å². The zero-order valence-electron chi connectivity index (χ0n) is 21.9. The molecule has 0 fully saturated rings. The number of nitrogens with one attached hydrogen (secondary N) is 2. The van der Waals surface area contributed by atoms with E-state index < -0.39 is 27.8 Å². The smallest absolute Gasteiger partial charge is 0.341 e. The van der Waals surface area contributed by atoms with Crippen LogP contribution in [0.5, 0.6) is 17.2 Å². The molecule has 9 nitrogen and oxygen atoms in total. The highest BCUT2D eigenvalue weighted by Gasteiger charge is 2.22. The quantitative estimate of drug-likeness (QED) is 0.189. The molecule has 0 aliphatic heterocycles. The third kappa shape index (κ3) is 8.07. The van der Waals surface area contributed by atoms with E-state index in [9.17, 15) is 23.1 Å². The Hall–Kier alpha value is -4.38. The normalized spacial score (nSPS) is 11.9. The first kappa shape index (κ1) is 29.6. The largest absolute Gasteiger partial charge is 0.507 e. The predicted molar refractivity (Wildman–Crippen MR) is 155 cm³/mol. The second kappa shape index (κ2) is 13.3. The lowest BCUT2D eigenvalue weighted by molar-refractivity contribution is -0.116. The lowest BCUT2D eigenvalue weighted by atomic mass is 9.95. The molecule has 4 rings (SSSR count). The molecule has 0 bridgehead atoms. The van der Waals surface area contributed by atoms with Crippen LogP contribution in [0, 0.1) is 0 Å². The maximum atomic E-state index is 13.1. The van der Waals surface area contributed by atoms with Gasteiger partial charge < -0.3 is 19.9 Å². The molecule has 1 amide bonds. The van der Waals surface area contributed by atoms with Crippen LogP contribution < -0.4 is 14.8 Å². The molecule has 3 N–H and O–H groups in total. The number of rotatable bonds is 11. The first-order valence-corrected chi connectivity index (χ1v) is 14.3. The van der Waals surface area contributed by atoms with Gasteiger partial charge in [-0.2, -0.15) is 0 Å². The van der Waals surface area contributed by atoms with E-state index >= 15 is 0 Å². The Morgan fingerprint density at radius 3 is 2.20 bits per heavy atom. The van der Waals surface area contributed by atoms with Crippen molar-refractivity contribution in [1.82, 2.24) is 4.72 Å². The van der Waals surface area contributed by atoms with Crippen LogP contribution >= 0.6 is 11.6 Å². The minimum atomic E-state index is -3.92. The van der Waals surface area contributed by atoms with Crippen molar-refractivity contribution < 1.29 is 32.6 Å². The SMILES string of the molecule is COC(=O)c1ccc(NC(=O)CC(CNS(=O)(=O)c2ccc(Oc3ccccc3)cc2)c2ccc(Cl)cc2)cc1O. The first-order chi connectivity index (χ1) is 19.6. The number of carbonyl (C=O) groups is 2. The molecule has 212 valence electrons. The minimum Gasteiger partial charge on any atom is -0.507 e. The summed E-state index contributed by atoms with van der Waals surface area (Å²) in [5.74, 6) is -0.940. The fourth-order valence-electron chi connectivity index (χ4n) is 3.98. The predicted octanol–water partition coefficient (Wildman–Crippen LogP) is 5.72. The van der Waals surface area contributed by atoms with Crippen molar-refractivity contribution in [2.45, 2.75) is 17.2 Å². The van der Waals surface area contributed by atoms with Gasteiger partial charge in [0.1, 0.15) is 22.8 Å². The summed E-state index contributed by atoms with van der Waals surface area (Å²) in [4.78, 5) is 24.7. The highest BCUT2D eigenvalue weighted by atomic mass is 35.5. The molecule has 0 spiro atoms. The number of anilines is 1. The number of carbonyl (C=O) groups excluding carboxylic acids is 2. The summed E-state index contributed by atoms with van der Waals surface area (Å²) >= 11 is 6.03. The Kier molecular flexibility index (Phi) is 9.61. The number of aromatic hydroxyl groups is 1. The molecule has 4 aromatic rings. The number of benzene rings is 4. The average molecular weight is 595 g/mol. The van der Waals surface area contributed by atoms with Crippen LogP contribution in [0.15, 0.2) is 102 Å². The lowest BCUT2D eigenvalue weighted by Crippen LogP contribution is -2.30. The number of phenols is 1. The Bertz CT molecular complexity index is 1610. The number of hydrogen-bond donors (Lipinski definition) is 3. The van der Waals surface area contributed by atoms with Gasteiger partial charge in [-0.3, -0.25) is 4.79 Å². The van der Waals surface area contributed by atoms with Gasteiger partial charge in [-0.15, -0.1) is 0 Å². The van der Waals surface area contributed by atoms with Crippen LogP contribution in [-0.2, 0) is 19.6 Å². The van der Waals surface area contributed by atoms with Crippen LogP contribution in [0.3, 0.4) is 0 Å². The molecule has 0 radical (unpaired) electrons. The Labute approximate surface area is 242 Å². The summed E-state index contributed by atoms with van der Waals surface area (Å²) in [6.45, 7) is -0.0772. The maximum Gasteiger partial charge on any atom is 0.341 e. The van der Waals surface area contributed by atoms with E-state index in [0.717, 1.165) is 0 Å². The first-order valence-electron chi connectivity index (χ1n) is 12.4. The summed E-state index contributed by atoms with van der Waals surface area (Å²) in [5.41, 5.74) is 0.912. The zero-order valence-corrected chi connectivity index (χ0v) is 23.5. The molecule has 0 heterocycles. The summed E-state index contributed by atoms with van der Waals surface area (Å²) in [5, 5.41) is 13.3. The molecule has 41 heavy (non-hydrogen) atoms. The number of sulfonamides is 1. The van der Waals surface area contributed by atoms with E-state index in [1.807, 2.05) is 18.2 Å². The highest BCUT2D eigenvalue weighted by molar-refractivity contribution is 7.89. The minimum absolute atomic E-state index is 0.0402. The van der Waals surface area contributed by atoms with E-state index in [4.69, 9.17) is 16.3 Å². The van der Waals surface area contributed by atoms with Crippen molar-refractivity contribution >= 4 is 39.2 Å². The number of methoxy groups -OCH3 is 1. The van der Waals surface area contributed by atoms with Crippen LogP contribution in [0.2, 0.25) is 5.02 Å². The molecule has 0 aromatic heterocycles. The van der Waals surface area contributed by atoms with Gasteiger partial charge in [-0.1, -0.05) is 41.9 Å². The van der Waals surface area contributed by atoms with E-state index in [1.54, 1.807) is 48.5 Å². The van der Waals surface area contributed by atoms with Gasteiger partial charge in [-0.25, -0.2) is 17.9 Å². The highest BCUT2D eigenvalue weighted by Crippen LogP contribution is 2.26. The Morgan fingerprint density at radius 1 is 0.902 bits per heavy atom. The van der Waals surface area contributed by atoms with Crippen molar-refractivity contribution in [2.75, 3.05) is 19.0 Å². The number of esters is 1. The maximum absolute atomic E-state index is 13.1. The second-order valence-corrected chi connectivity index (χ2v) is 11.2. The molecule has 1 unspecified atom stereocenters. The molecular weight excluding hydrogens is 568 g/mol. The van der Waals surface area contributed by atoms with E-state index in [0.29, 0.717) is 22.1 Å². The molecule has 4 aromatic carbocycles. The van der Waals surface area contributed by atoms with Crippen molar-refractivity contribution in [3.8, 4) is 17.2 Å². The number of amides is 1. The number of para-hydroxylation sites is 1. The van der Waals surface area contributed by atoms with Gasteiger partial charge in [0.25, 0.3) is 0 Å². The van der Waals surface area contributed by atoms with Crippen molar-refractivity contribution in [1.29, 1.82) is 0 Å². The lowest BCUT2D eigenvalue weighted by Gasteiger charge is -2.19. The monoisotopic (exact) mass is 594 g/mol. The fraction of sp³-hybridized carbons (Fsp3) is 0.133. The van der Waals surface area contributed by atoms with Crippen molar-refractivity contribution in [3.05, 3.63) is 113 Å². The van der Waals surface area contributed by atoms with Gasteiger partial charge in [0.05, 0.1) is 12.0 Å². The van der Waals surface area contributed by atoms with E-state index in [-0.39, 0.29) is 34.9 Å². The molecule has 0 aliphatic carbocycles. The summed E-state index contributed by atoms with van der Waals surface area (Å²) < 4.78 is 39.1. The van der Waals surface area contributed by atoms with Gasteiger partial charge in [0.15, 0.2) is 0 Å². The summed E-state index contributed by atoms with van der Waals surface area (Å²) in [6, 6.07) is 25.9. The van der Waals surface area contributed by atoms with Crippen LogP contribution in [0.25, 0.3) is 0 Å². The molecule has 0 saturated carbocycles. The van der Waals surface area contributed by atoms with Gasteiger partial charge in [0, 0.05) is 35.7 Å². The second-order valence-electron chi connectivity index (χ2n) is 8.96. The number of halogens is 1. The zero-order chi connectivity index (χ0) is 29.4. The molecule has 11 heteroatoms. The third-order valence-electron chi connectivity index (χ3n) is 6.09. The summed E-state index contributed by atoms with van der Waals surface area (Å²) in [7, 11) is -2.72. The molecular formula is C30H27ClN2O7S. The van der Waals surface area contributed by atoms with Gasteiger partial charge in [-0.05, 0) is 66.2 Å². The van der Waals surface area contributed by atoms with E-state index in [1.165, 1.54) is 37.4 Å². The molecule has 0 aliphatic rings. The van der Waals surface area contributed by atoms with Crippen molar-refractivity contribution in [3.63, 3.8) is 0 Å². The third-order valence-corrected chi connectivity index (χ3v) is 7.78. The number of hydrogen-bond acceptors (Lipinski definition) is 7. The van der Waals surface area contributed by atoms with Crippen LogP contribution in [0.4, 0.5) is 5.69 Å².